The highest BCUT2D eigenvalue weighted by atomic mass is 14.9. The van der Waals surface area contributed by atoms with Crippen LogP contribution in [0.1, 0.15) is 16.7 Å². The molecule has 0 N–H and O–H groups in total. The molecule has 29 heavy (non-hydrogen) atoms. The molecule has 2 aromatic heterocycles. The Labute approximate surface area is 174 Å². The van der Waals surface area contributed by atoms with E-state index in [2.05, 4.69) is 123 Å². The van der Waals surface area contributed by atoms with Gasteiger partial charge in [-0.2, -0.15) is 0 Å². The predicted octanol–water partition coefficient (Wildman–Crippen LogP) is 5.28. The largest absolute Gasteiger partial charge is 0.212 e. The standard InChI is InChI=1S/C14H16N.C13H14N/c1-11-7-8-13(12(2)10-11)14-6-4-5-9-15(14)3;1-11-7-3-4-8-12(11)13-9-5-6-10-14(13)2/h4-10H,1-3H3;3-10H,1-2H3/q2*+1. The van der Waals surface area contributed by atoms with Crippen LogP contribution in [0.5, 0.6) is 0 Å². The highest BCUT2D eigenvalue weighted by molar-refractivity contribution is 5.61. The summed E-state index contributed by atoms with van der Waals surface area (Å²) in [7, 11) is 4.15. The lowest BCUT2D eigenvalue weighted by molar-refractivity contribution is -0.660. The van der Waals surface area contributed by atoms with E-state index >= 15 is 0 Å². The number of pyridine rings is 2. The van der Waals surface area contributed by atoms with Gasteiger partial charge in [-0.3, -0.25) is 0 Å². The van der Waals surface area contributed by atoms with Crippen molar-refractivity contribution in [1.82, 2.24) is 0 Å². The van der Waals surface area contributed by atoms with Gasteiger partial charge in [-0.1, -0.05) is 35.9 Å². The number of hydrogen-bond acceptors (Lipinski definition) is 0. The lowest BCUT2D eigenvalue weighted by atomic mass is 10.0. The van der Waals surface area contributed by atoms with Crippen LogP contribution in [0.2, 0.25) is 0 Å². The molecule has 0 saturated carbocycles. The van der Waals surface area contributed by atoms with Gasteiger partial charge >= 0.3 is 0 Å². The van der Waals surface area contributed by atoms with Crippen molar-refractivity contribution in [3.63, 3.8) is 0 Å². The summed E-state index contributed by atoms with van der Waals surface area (Å²) in [6.07, 6.45) is 4.15. The summed E-state index contributed by atoms with van der Waals surface area (Å²) in [6.45, 7) is 6.43. The van der Waals surface area contributed by atoms with Gasteiger partial charge < -0.3 is 0 Å². The van der Waals surface area contributed by atoms with Crippen LogP contribution >= 0.6 is 0 Å². The first-order chi connectivity index (χ1) is 14.0. The van der Waals surface area contributed by atoms with E-state index in [-0.39, 0.29) is 0 Å². The summed E-state index contributed by atoms with van der Waals surface area (Å²) in [4.78, 5) is 0. The zero-order chi connectivity index (χ0) is 20.8. The molecule has 0 aliphatic carbocycles. The molecule has 2 heteroatoms. The molecule has 2 aromatic carbocycles. The second-order valence-electron chi connectivity index (χ2n) is 7.53. The Balaban J connectivity index is 0.000000166. The third-order valence-corrected chi connectivity index (χ3v) is 5.19. The van der Waals surface area contributed by atoms with Crippen LogP contribution in [0.15, 0.2) is 91.3 Å². The molecule has 146 valence electrons. The Hall–Kier alpha value is -3.26. The number of hydrogen-bond donors (Lipinski definition) is 0. The van der Waals surface area contributed by atoms with E-state index in [1.807, 2.05) is 12.1 Å². The maximum atomic E-state index is 2.22. The van der Waals surface area contributed by atoms with Crippen molar-refractivity contribution in [2.75, 3.05) is 0 Å². The van der Waals surface area contributed by atoms with Crippen molar-refractivity contribution < 1.29 is 9.13 Å². The van der Waals surface area contributed by atoms with Crippen molar-refractivity contribution in [2.45, 2.75) is 20.8 Å². The van der Waals surface area contributed by atoms with Crippen molar-refractivity contribution >= 4 is 0 Å². The Morgan fingerprint density at radius 1 is 0.517 bits per heavy atom. The quantitative estimate of drug-likeness (QED) is 0.417. The van der Waals surface area contributed by atoms with E-state index in [9.17, 15) is 0 Å². The van der Waals surface area contributed by atoms with Crippen LogP contribution in [0, 0.1) is 20.8 Å². The van der Waals surface area contributed by atoms with Crippen molar-refractivity contribution in [1.29, 1.82) is 0 Å². The average molecular weight is 383 g/mol. The third-order valence-electron chi connectivity index (χ3n) is 5.19. The number of rotatable bonds is 2. The first-order valence-electron chi connectivity index (χ1n) is 10.0. The Morgan fingerprint density at radius 3 is 1.55 bits per heavy atom. The van der Waals surface area contributed by atoms with E-state index < -0.39 is 0 Å². The highest BCUT2D eigenvalue weighted by Crippen LogP contribution is 2.21. The summed E-state index contributed by atoms with van der Waals surface area (Å²) in [5, 5.41) is 0. The van der Waals surface area contributed by atoms with Crippen molar-refractivity contribution in [3.8, 4) is 22.5 Å². The molecule has 0 unspecified atom stereocenters. The molecule has 2 nitrogen and oxygen atoms in total. The Kier molecular flexibility index (Phi) is 6.56. The van der Waals surface area contributed by atoms with E-state index in [1.54, 1.807) is 0 Å². The second-order valence-corrected chi connectivity index (χ2v) is 7.53. The Bertz CT molecular complexity index is 1070. The van der Waals surface area contributed by atoms with Gasteiger partial charge in [0.15, 0.2) is 12.4 Å². The molecular formula is C27H30N2+2. The zero-order valence-electron chi connectivity index (χ0n) is 18.1. The molecule has 0 saturated heterocycles. The Morgan fingerprint density at radius 2 is 1.03 bits per heavy atom. The molecule has 0 radical (unpaired) electrons. The van der Waals surface area contributed by atoms with E-state index in [4.69, 9.17) is 0 Å². The maximum Gasteiger partial charge on any atom is 0.212 e. The maximum absolute atomic E-state index is 2.22. The SMILES string of the molecule is Cc1ccc(-c2cccc[n+]2C)c(C)c1.Cc1ccccc1-c1cccc[n+]1C. The third kappa shape index (κ3) is 4.97. The number of aryl methyl sites for hydroxylation is 5. The van der Waals surface area contributed by atoms with Gasteiger partial charge in [0.1, 0.15) is 14.1 Å². The molecule has 0 bridgehead atoms. The normalized spacial score (nSPS) is 10.2. The van der Waals surface area contributed by atoms with E-state index in [0.717, 1.165) is 0 Å². The van der Waals surface area contributed by atoms with Crippen molar-refractivity contribution in [3.05, 3.63) is 108 Å². The van der Waals surface area contributed by atoms with Crippen LogP contribution in [0.4, 0.5) is 0 Å². The first-order valence-corrected chi connectivity index (χ1v) is 10.0. The minimum absolute atomic E-state index is 1.26. The number of benzene rings is 2. The van der Waals surface area contributed by atoms with Crippen LogP contribution in [0.3, 0.4) is 0 Å². The van der Waals surface area contributed by atoms with Gasteiger partial charge in [0.05, 0.1) is 0 Å². The first kappa shape index (κ1) is 20.5. The topological polar surface area (TPSA) is 7.76 Å². The van der Waals surface area contributed by atoms with Gasteiger partial charge in [0, 0.05) is 35.4 Å². The van der Waals surface area contributed by atoms with Crippen LogP contribution in [0.25, 0.3) is 22.5 Å². The summed E-state index contributed by atoms with van der Waals surface area (Å²) in [5.74, 6) is 0. The van der Waals surface area contributed by atoms with Gasteiger partial charge in [-0.05, 0) is 56.2 Å². The molecule has 2 heterocycles. The summed E-state index contributed by atoms with van der Waals surface area (Å²) in [5.41, 5.74) is 9.08. The molecule has 0 aliphatic rings. The molecule has 4 rings (SSSR count). The lowest BCUT2D eigenvalue weighted by Crippen LogP contribution is -2.30. The summed E-state index contributed by atoms with van der Waals surface area (Å²) < 4.78 is 4.29. The fourth-order valence-electron chi connectivity index (χ4n) is 3.57. The highest BCUT2D eigenvalue weighted by Gasteiger charge is 2.10. The fraction of sp³-hybridized carbons (Fsp3) is 0.185. The van der Waals surface area contributed by atoms with Crippen LogP contribution in [-0.2, 0) is 14.1 Å². The number of aromatic nitrogens is 2. The smallest absolute Gasteiger partial charge is 0.201 e. The van der Waals surface area contributed by atoms with Crippen LogP contribution in [-0.4, -0.2) is 0 Å². The van der Waals surface area contributed by atoms with Gasteiger partial charge in [-0.25, -0.2) is 9.13 Å². The molecule has 0 spiro atoms. The van der Waals surface area contributed by atoms with Crippen molar-refractivity contribution in [2.24, 2.45) is 14.1 Å². The minimum atomic E-state index is 1.26. The predicted molar refractivity (Wildman–Crippen MR) is 120 cm³/mol. The van der Waals surface area contributed by atoms with E-state index in [1.165, 1.54) is 39.2 Å². The summed E-state index contributed by atoms with van der Waals surface area (Å²) >= 11 is 0. The molecule has 0 aliphatic heterocycles. The van der Waals surface area contributed by atoms with Gasteiger partial charge in [0.2, 0.25) is 11.4 Å². The fourth-order valence-corrected chi connectivity index (χ4v) is 3.57. The van der Waals surface area contributed by atoms with Crippen LogP contribution < -0.4 is 9.13 Å². The molecular weight excluding hydrogens is 352 g/mol. The second kappa shape index (κ2) is 9.29. The molecule has 4 aromatic rings. The minimum Gasteiger partial charge on any atom is -0.201 e. The number of nitrogens with zero attached hydrogens (tertiary/aromatic N) is 2. The zero-order valence-corrected chi connectivity index (χ0v) is 18.1. The van der Waals surface area contributed by atoms with Gasteiger partial charge in [-0.15, -0.1) is 0 Å². The molecule has 0 amide bonds. The molecule has 0 atom stereocenters. The van der Waals surface area contributed by atoms with E-state index in [0.29, 0.717) is 0 Å². The monoisotopic (exact) mass is 382 g/mol. The molecule has 0 fully saturated rings. The average Bonchev–Trinajstić information content (AvgIpc) is 2.71. The summed E-state index contributed by atoms with van der Waals surface area (Å²) in [6, 6.07) is 27.6. The lowest BCUT2D eigenvalue weighted by Gasteiger charge is -2.04. The van der Waals surface area contributed by atoms with Gasteiger partial charge in [0.25, 0.3) is 0 Å².